The normalized spacial score (nSPS) is 18.7. The van der Waals surface area contributed by atoms with Gasteiger partial charge in [0.25, 0.3) is 5.91 Å². The number of hydrogen-bond acceptors (Lipinski definition) is 3. The molecule has 1 saturated heterocycles. The van der Waals surface area contributed by atoms with Crippen LogP contribution in [0.25, 0.3) is 0 Å². The Morgan fingerprint density at radius 3 is 2.09 bits per heavy atom. The van der Waals surface area contributed by atoms with Crippen molar-refractivity contribution >= 4 is 17.8 Å². The number of benzene rings is 3. The monoisotopic (exact) mass is 441 g/mol. The molecule has 1 aliphatic heterocycles. The van der Waals surface area contributed by atoms with Crippen molar-refractivity contribution in [2.24, 2.45) is 0 Å². The molecule has 168 valence electrons. The first-order valence-corrected chi connectivity index (χ1v) is 11.0. The summed E-state index contributed by atoms with van der Waals surface area (Å²) in [6.45, 7) is 3.50. The number of hydrogen-bond donors (Lipinski definition) is 2. The highest BCUT2D eigenvalue weighted by molar-refractivity contribution is 6.09. The maximum Gasteiger partial charge on any atom is 0.325 e. The van der Waals surface area contributed by atoms with Crippen molar-refractivity contribution in [2.75, 3.05) is 6.54 Å². The summed E-state index contributed by atoms with van der Waals surface area (Å²) in [7, 11) is 0. The molecule has 1 aliphatic rings. The lowest BCUT2D eigenvalue weighted by Crippen LogP contribution is -2.45. The number of amides is 4. The second-order valence-electron chi connectivity index (χ2n) is 8.27. The zero-order chi connectivity index (χ0) is 23.4. The van der Waals surface area contributed by atoms with E-state index in [0.717, 1.165) is 21.6 Å². The number of carbonyl (C=O) groups excluding carboxylic acids is 3. The fourth-order valence-corrected chi connectivity index (χ4v) is 4.25. The largest absolute Gasteiger partial charge is 0.344 e. The average Bonchev–Trinajstić information content (AvgIpc) is 3.09. The molecule has 4 amide bonds. The van der Waals surface area contributed by atoms with Gasteiger partial charge in [0.2, 0.25) is 5.91 Å². The van der Waals surface area contributed by atoms with Gasteiger partial charge in [0, 0.05) is 0 Å². The summed E-state index contributed by atoms with van der Waals surface area (Å²) < 4.78 is 0. The molecule has 6 nitrogen and oxygen atoms in total. The van der Waals surface area contributed by atoms with Gasteiger partial charge in [-0.15, -0.1) is 0 Å². The van der Waals surface area contributed by atoms with Crippen LogP contribution in [-0.2, 0) is 15.1 Å². The minimum atomic E-state index is -1.16. The molecule has 2 unspecified atom stereocenters. The fourth-order valence-electron chi connectivity index (χ4n) is 4.25. The smallest absolute Gasteiger partial charge is 0.325 e. The number of carbonyl (C=O) groups is 3. The number of nitrogens with zero attached hydrogens (tertiary/aromatic N) is 1. The minimum Gasteiger partial charge on any atom is -0.344 e. The van der Waals surface area contributed by atoms with Gasteiger partial charge in [-0.05, 0) is 30.0 Å². The van der Waals surface area contributed by atoms with Crippen LogP contribution >= 0.6 is 0 Å². The molecular weight excluding hydrogens is 414 g/mol. The fraction of sp³-hybridized carbons (Fsp3) is 0.222. The lowest BCUT2D eigenvalue weighted by atomic mass is 9.87. The van der Waals surface area contributed by atoms with E-state index in [1.165, 1.54) is 0 Å². The van der Waals surface area contributed by atoms with Crippen LogP contribution < -0.4 is 10.6 Å². The van der Waals surface area contributed by atoms with Crippen LogP contribution in [-0.4, -0.2) is 29.3 Å². The van der Waals surface area contributed by atoms with Crippen molar-refractivity contribution < 1.29 is 14.4 Å². The van der Waals surface area contributed by atoms with E-state index < -0.39 is 29.4 Å². The molecule has 0 spiro atoms. The van der Waals surface area contributed by atoms with Crippen LogP contribution in [0.3, 0.4) is 0 Å². The molecule has 3 aromatic rings. The summed E-state index contributed by atoms with van der Waals surface area (Å²) in [5.41, 5.74) is 2.50. The standard InChI is InChI=1S/C27H27N3O3/c1-3-27(22-12-8-5-9-13-22)25(32)30(26(33)29-27)18-23(31)28-24(20-10-6-4-7-11-20)21-16-14-19(2)15-17-21/h4-17,24H,3,18H2,1-2H3,(H,28,31)(H,29,33). The van der Waals surface area contributed by atoms with E-state index in [1.54, 1.807) is 0 Å². The van der Waals surface area contributed by atoms with Gasteiger partial charge in [-0.2, -0.15) is 0 Å². The van der Waals surface area contributed by atoms with Crippen molar-refractivity contribution in [3.63, 3.8) is 0 Å². The van der Waals surface area contributed by atoms with E-state index >= 15 is 0 Å². The Morgan fingerprint density at radius 2 is 1.48 bits per heavy atom. The maximum atomic E-state index is 13.3. The topological polar surface area (TPSA) is 78.5 Å². The highest BCUT2D eigenvalue weighted by Crippen LogP contribution is 2.32. The molecule has 3 aromatic carbocycles. The van der Waals surface area contributed by atoms with Crippen LogP contribution in [0, 0.1) is 6.92 Å². The molecule has 33 heavy (non-hydrogen) atoms. The molecule has 2 N–H and O–H groups in total. The highest BCUT2D eigenvalue weighted by atomic mass is 16.2. The Balaban J connectivity index is 1.56. The summed E-state index contributed by atoms with van der Waals surface area (Å²) in [6, 6.07) is 25.7. The third kappa shape index (κ3) is 4.37. The first-order valence-electron chi connectivity index (χ1n) is 11.0. The first-order chi connectivity index (χ1) is 15.9. The molecule has 0 aromatic heterocycles. The quantitative estimate of drug-likeness (QED) is 0.543. The minimum absolute atomic E-state index is 0.353. The van der Waals surface area contributed by atoms with Crippen LogP contribution in [0.5, 0.6) is 0 Å². The van der Waals surface area contributed by atoms with Gasteiger partial charge < -0.3 is 10.6 Å². The molecule has 0 saturated carbocycles. The van der Waals surface area contributed by atoms with E-state index in [2.05, 4.69) is 10.6 Å². The second kappa shape index (κ2) is 9.28. The molecule has 1 heterocycles. The summed E-state index contributed by atoms with van der Waals surface area (Å²) >= 11 is 0. The summed E-state index contributed by atoms with van der Waals surface area (Å²) in [6.07, 6.45) is 0.385. The Kier molecular flexibility index (Phi) is 6.27. The Morgan fingerprint density at radius 1 is 0.909 bits per heavy atom. The van der Waals surface area contributed by atoms with Gasteiger partial charge in [-0.25, -0.2) is 4.79 Å². The van der Waals surface area contributed by atoms with Gasteiger partial charge in [-0.3, -0.25) is 14.5 Å². The average molecular weight is 442 g/mol. The molecule has 2 atom stereocenters. The van der Waals surface area contributed by atoms with Gasteiger partial charge in [0.1, 0.15) is 12.1 Å². The molecule has 0 radical (unpaired) electrons. The summed E-state index contributed by atoms with van der Waals surface area (Å²) in [4.78, 5) is 40.1. The van der Waals surface area contributed by atoms with Crippen molar-refractivity contribution in [1.29, 1.82) is 0 Å². The van der Waals surface area contributed by atoms with Crippen molar-refractivity contribution in [3.05, 3.63) is 107 Å². The van der Waals surface area contributed by atoms with E-state index in [-0.39, 0.29) is 6.54 Å². The molecule has 4 rings (SSSR count). The zero-order valence-corrected chi connectivity index (χ0v) is 18.7. The SMILES string of the molecule is CCC1(c2ccccc2)NC(=O)N(CC(=O)NC(c2ccccc2)c2ccc(C)cc2)C1=O. The number of imide groups is 1. The zero-order valence-electron chi connectivity index (χ0n) is 18.7. The van der Waals surface area contributed by atoms with Gasteiger partial charge in [0.05, 0.1) is 6.04 Å². The van der Waals surface area contributed by atoms with E-state index in [4.69, 9.17) is 0 Å². The Hall–Kier alpha value is -3.93. The van der Waals surface area contributed by atoms with Crippen LogP contribution in [0.2, 0.25) is 0 Å². The number of urea groups is 1. The molecule has 6 heteroatoms. The third-order valence-electron chi connectivity index (χ3n) is 6.12. The number of nitrogens with one attached hydrogen (secondary N) is 2. The number of aryl methyl sites for hydroxylation is 1. The Labute approximate surface area is 193 Å². The van der Waals surface area contributed by atoms with Gasteiger partial charge in [0.15, 0.2) is 0 Å². The van der Waals surface area contributed by atoms with Crippen LogP contribution in [0.4, 0.5) is 4.79 Å². The van der Waals surface area contributed by atoms with Gasteiger partial charge in [-0.1, -0.05) is 97.4 Å². The van der Waals surface area contributed by atoms with E-state index in [1.807, 2.05) is 98.8 Å². The van der Waals surface area contributed by atoms with Crippen molar-refractivity contribution in [2.45, 2.75) is 31.8 Å². The van der Waals surface area contributed by atoms with Crippen molar-refractivity contribution in [1.82, 2.24) is 15.5 Å². The summed E-state index contributed by atoms with van der Waals surface area (Å²) in [5.74, 6) is -0.823. The maximum absolute atomic E-state index is 13.3. The van der Waals surface area contributed by atoms with Crippen LogP contribution in [0.15, 0.2) is 84.9 Å². The predicted molar refractivity (Wildman–Crippen MR) is 126 cm³/mol. The first kappa shape index (κ1) is 22.3. The molecular formula is C27H27N3O3. The molecule has 1 fully saturated rings. The lowest BCUT2D eigenvalue weighted by molar-refractivity contribution is -0.135. The van der Waals surface area contributed by atoms with Gasteiger partial charge >= 0.3 is 6.03 Å². The molecule has 0 aliphatic carbocycles. The number of rotatable bonds is 7. The Bertz CT molecular complexity index is 1150. The second-order valence-corrected chi connectivity index (χ2v) is 8.27. The summed E-state index contributed by atoms with van der Waals surface area (Å²) in [5, 5.41) is 5.83. The third-order valence-corrected chi connectivity index (χ3v) is 6.12. The van der Waals surface area contributed by atoms with Crippen LogP contribution in [0.1, 0.15) is 41.6 Å². The lowest BCUT2D eigenvalue weighted by Gasteiger charge is -2.26. The highest BCUT2D eigenvalue weighted by Gasteiger charge is 2.51. The van der Waals surface area contributed by atoms with E-state index in [9.17, 15) is 14.4 Å². The van der Waals surface area contributed by atoms with Crippen molar-refractivity contribution in [3.8, 4) is 0 Å². The van der Waals surface area contributed by atoms with E-state index in [0.29, 0.717) is 12.0 Å². The predicted octanol–water partition coefficient (Wildman–Crippen LogP) is 4.06. The molecule has 0 bridgehead atoms.